The number of furan rings is 1. The maximum atomic E-state index is 12.7. The van der Waals surface area contributed by atoms with Gasteiger partial charge in [0.15, 0.2) is 0 Å². The van der Waals surface area contributed by atoms with E-state index in [-0.39, 0.29) is 11.9 Å². The summed E-state index contributed by atoms with van der Waals surface area (Å²) < 4.78 is 10.8. The normalized spacial score (nSPS) is 21.2. The van der Waals surface area contributed by atoms with Crippen LogP contribution in [-0.4, -0.2) is 28.3 Å². The van der Waals surface area contributed by atoms with Gasteiger partial charge in [0.2, 0.25) is 5.91 Å². The molecule has 0 bridgehead atoms. The fourth-order valence-electron chi connectivity index (χ4n) is 3.22. The first-order valence-electron chi connectivity index (χ1n) is 8.38. The number of aromatic nitrogens is 1. The molecule has 0 spiro atoms. The summed E-state index contributed by atoms with van der Waals surface area (Å²) in [6.07, 6.45) is 3.70. The third-order valence-corrected chi connectivity index (χ3v) is 5.65. The fraction of sp³-hybridized carbons (Fsp3) is 0.556. The Morgan fingerprint density at radius 2 is 2.29 bits per heavy atom. The van der Waals surface area contributed by atoms with E-state index in [0.29, 0.717) is 11.7 Å². The average Bonchev–Trinajstić information content (AvgIpc) is 3.19. The first kappa shape index (κ1) is 17.1. The van der Waals surface area contributed by atoms with Crippen molar-refractivity contribution in [2.75, 3.05) is 12.3 Å². The van der Waals surface area contributed by atoms with Crippen LogP contribution in [0.25, 0.3) is 0 Å². The van der Waals surface area contributed by atoms with Crippen molar-refractivity contribution in [3.05, 3.63) is 41.2 Å². The van der Waals surface area contributed by atoms with Crippen LogP contribution in [0.3, 0.4) is 0 Å². The van der Waals surface area contributed by atoms with Crippen molar-refractivity contribution in [1.29, 1.82) is 0 Å². The van der Waals surface area contributed by atoms with Gasteiger partial charge in [-0.2, -0.15) is 0 Å². The molecule has 1 saturated heterocycles. The van der Waals surface area contributed by atoms with E-state index in [1.165, 1.54) is 0 Å². The zero-order valence-corrected chi connectivity index (χ0v) is 15.3. The molecule has 2 aromatic rings. The first-order valence-corrected chi connectivity index (χ1v) is 9.54. The maximum Gasteiger partial charge on any atom is 0.233 e. The molecule has 1 amide bonds. The predicted molar refractivity (Wildman–Crippen MR) is 93.7 cm³/mol. The van der Waals surface area contributed by atoms with Crippen molar-refractivity contribution in [3.63, 3.8) is 0 Å². The van der Waals surface area contributed by atoms with E-state index in [1.54, 1.807) is 18.0 Å². The minimum atomic E-state index is 0.0657. The SMILES string of the molecule is Cc1noc(C)c1CSCC(=O)N1CC[C@@H](C)C[C@H]1c1ccco1. The Morgan fingerprint density at radius 3 is 2.96 bits per heavy atom. The van der Waals surface area contributed by atoms with Gasteiger partial charge in [0.25, 0.3) is 0 Å². The number of hydrogen-bond acceptors (Lipinski definition) is 5. The number of amides is 1. The summed E-state index contributed by atoms with van der Waals surface area (Å²) in [5.41, 5.74) is 2.01. The van der Waals surface area contributed by atoms with E-state index in [0.717, 1.165) is 47.9 Å². The molecule has 5 nitrogen and oxygen atoms in total. The molecular weight excluding hydrogens is 324 g/mol. The third-order valence-electron chi connectivity index (χ3n) is 4.71. The van der Waals surface area contributed by atoms with Gasteiger partial charge in [-0.25, -0.2) is 0 Å². The van der Waals surface area contributed by atoms with Gasteiger partial charge in [0.05, 0.1) is 23.8 Å². The van der Waals surface area contributed by atoms with Crippen LogP contribution in [-0.2, 0) is 10.5 Å². The Bertz CT molecular complexity index is 661. The summed E-state index contributed by atoms with van der Waals surface area (Å²) in [6.45, 7) is 6.89. The molecule has 0 saturated carbocycles. The zero-order valence-electron chi connectivity index (χ0n) is 14.4. The molecule has 0 radical (unpaired) electrons. The number of thioether (sulfide) groups is 1. The van der Waals surface area contributed by atoms with Crippen LogP contribution in [0, 0.1) is 19.8 Å². The van der Waals surface area contributed by atoms with E-state index >= 15 is 0 Å². The monoisotopic (exact) mass is 348 g/mol. The van der Waals surface area contributed by atoms with E-state index in [2.05, 4.69) is 12.1 Å². The molecule has 6 heteroatoms. The predicted octanol–water partition coefficient (Wildman–Crippen LogP) is 4.12. The van der Waals surface area contributed by atoms with Gasteiger partial charge in [-0.3, -0.25) is 4.79 Å². The second-order valence-corrected chi connectivity index (χ2v) is 7.53. The Morgan fingerprint density at radius 1 is 1.46 bits per heavy atom. The van der Waals surface area contributed by atoms with E-state index in [4.69, 9.17) is 8.94 Å². The van der Waals surface area contributed by atoms with Crippen LogP contribution in [0.1, 0.15) is 48.6 Å². The molecule has 0 aromatic carbocycles. The lowest BCUT2D eigenvalue weighted by Gasteiger charge is -2.37. The van der Waals surface area contributed by atoms with Gasteiger partial charge in [0.1, 0.15) is 11.5 Å². The van der Waals surface area contributed by atoms with Gasteiger partial charge in [-0.15, -0.1) is 11.8 Å². The first-order chi connectivity index (χ1) is 11.6. The second-order valence-electron chi connectivity index (χ2n) is 6.54. The minimum absolute atomic E-state index is 0.0657. The lowest BCUT2D eigenvalue weighted by atomic mass is 9.91. The maximum absolute atomic E-state index is 12.7. The molecule has 3 heterocycles. The second kappa shape index (κ2) is 7.47. The summed E-state index contributed by atoms with van der Waals surface area (Å²) >= 11 is 1.62. The number of likely N-dealkylation sites (tertiary alicyclic amines) is 1. The van der Waals surface area contributed by atoms with E-state index < -0.39 is 0 Å². The lowest BCUT2D eigenvalue weighted by Crippen LogP contribution is -2.41. The fourth-order valence-corrected chi connectivity index (χ4v) is 4.28. The Labute approximate surface area is 146 Å². The highest BCUT2D eigenvalue weighted by molar-refractivity contribution is 7.99. The van der Waals surface area contributed by atoms with Crippen molar-refractivity contribution in [3.8, 4) is 0 Å². The smallest absolute Gasteiger partial charge is 0.233 e. The summed E-state index contributed by atoms with van der Waals surface area (Å²) in [4.78, 5) is 14.7. The molecule has 2 aromatic heterocycles. The Balaban J connectivity index is 1.60. The molecule has 24 heavy (non-hydrogen) atoms. The number of nitrogens with zero attached hydrogens (tertiary/aromatic N) is 2. The van der Waals surface area contributed by atoms with E-state index in [1.807, 2.05) is 30.9 Å². The highest BCUT2D eigenvalue weighted by Crippen LogP contribution is 2.34. The number of carbonyl (C=O) groups is 1. The number of carbonyl (C=O) groups excluding carboxylic acids is 1. The molecule has 130 valence electrons. The highest BCUT2D eigenvalue weighted by Gasteiger charge is 2.32. The van der Waals surface area contributed by atoms with Crippen LogP contribution in [0.5, 0.6) is 0 Å². The Kier molecular flexibility index (Phi) is 5.33. The summed E-state index contributed by atoms with van der Waals surface area (Å²) in [5, 5.41) is 3.96. The van der Waals surface area contributed by atoms with Crippen LogP contribution in [0.4, 0.5) is 0 Å². The van der Waals surface area contributed by atoms with Crippen molar-refractivity contribution in [1.82, 2.24) is 10.1 Å². The average molecular weight is 348 g/mol. The number of aryl methyl sites for hydroxylation is 2. The van der Waals surface area contributed by atoms with Crippen LogP contribution < -0.4 is 0 Å². The number of rotatable bonds is 5. The molecule has 0 N–H and O–H groups in total. The molecule has 1 aliphatic heterocycles. The molecule has 0 unspecified atom stereocenters. The van der Waals surface area contributed by atoms with Crippen LogP contribution in [0.2, 0.25) is 0 Å². The Hall–Kier alpha value is -1.69. The highest BCUT2D eigenvalue weighted by atomic mass is 32.2. The van der Waals surface area contributed by atoms with Crippen LogP contribution >= 0.6 is 11.8 Å². The quantitative estimate of drug-likeness (QED) is 0.813. The van der Waals surface area contributed by atoms with Crippen molar-refractivity contribution in [2.45, 2.75) is 45.4 Å². The van der Waals surface area contributed by atoms with Crippen molar-refractivity contribution in [2.24, 2.45) is 5.92 Å². The largest absolute Gasteiger partial charge is 0.467 e. The molecular formula is C18H24N2O3S. The molecule has 1 fully saturated rings. The summed E-state index contributed by atoms with van der Waals surface area (Å²) in [5.74, 6) is 3.75. The summed E-state index contributed by atoms with van der Waals surface area (Å²) in [7, 11) is 0. The minimum Gasteiger partial charge on any atom is -0.467 e. The van der Waals surface area contributed by atoms with Gasteiger partial charge < -0.3 is 13.8 Å². The van der Waals surface area contributed by atoms with Gasteiger partial charge in [-0.05, 0) is 44.7 Å². The molecule has 1 aliphatic rings. The molecule has 2 atom stereocenters. The topological polar surface area (TPSA) is 59.5 Å². The number of hydrogen-bond donors (Lipinski definition) is 0. The lowest BCUT2D eigenvalue weighted by molar-refractivity contribution is -0.133. The van der Waals surface area contributed by atoms with Gasteiger partial charge in [0, 0.05) is 17.9 Å². The van der Waals surface area contributed by atoms with Gasteiger partial charge in [-0.1, -0.05) is 12.1 Å². The third kappa shape index (κ3) is 3.69. The van der Waals surface area contributed by atoms with Crippen LogP contribution in [0.15, 0.2) is 27.3 Å². The van der Waals surface area contributed by atoms with Crippen molar-refractivity contribution < 1.29 is 13.7 Å². The number of piperidine rings is 1. The molecule has 3 rings (SSSR count). The molecule has 0 aliphatic carbocycles. The van der Waals surface area contributed by atoms with Gasteiger partial charge >= 0.3 is 0 Å². The summed E-state index contributed by atoms with van der Waals surface area (Å²) in [6, 6.07) is 3.93. The zero-order chi connectivity index (χ0) is 17.1. The standard InChI is InChI=1S/C18H24N2O3S/c1-12-6-7-20(16(9-12)17-5-4-8-22-17)18(21)11-24-10-15-13(2)19-23-14(15)3/h4-5,8,12,16H,6-7,9-11H2,1-3H3/t12-,16+/m1/s1. The van der Waals surface area contributed by atoms with E-state index in [9.17, 15) is 4.79 Å². The van der Waals surface area contributed by atoms with Crippen molar-refractivity contribution >= 4 is 17.7 Å².